The molecule has 5 nitrogen and oxygen atoms in total. The summed E-state index contributed by atoms with van der Waals surface area (Å²) in [7, 11) is -2.87. The molecule has 0 atom stereocenters. The van der Waals surface area contributed by atoms with Gasteiger partial charge in [-0.2, -0.15) is 0 Å². The van der Waals surface area contributed by atoms with E-state index in [2.05, 4.69) is 10.3 Å². The molecule has 0 aliphatic rings. The smallest absolute Gasteiger partial charge is 0.218 e. The highest BCUT2D eigenvalue weighted by atomic mass is 32.2. The van der Waals surface area contributed by atoms with E-state index in [-0.39, 0.29) is 11.9 Å². The van der Waals surface area contributed by atoms with E-state index in [9.17, 15) is 8.42 Å². The van der Waals surface area contributed by atoms with Crippen molar-refractivity contribution >= 4 is 9.84 Å². The fourth-order valence-electron chi connectivity index (χ4n) is 1.57. The van der Waals surface area contributed by atoms with E-state index in [1.165, 1.54) is 6.26 Å². The van der Waals surface area contributed by atoms with Crippen molar-refractivity contribution in [3.8, 4) is 5.88 Å². The van der Waals surface area contributed by atoms with Gasteiger partial charge in [-0.1, -0.05) is 6.07 Å². The first-order chi connectivity index (χ1) is 8.88. The van der Waals surface area contributed by atoms with E-state index in [0.29, 0.717) is 25.4 Å². The van der Waals surface area contributed by atoms with Gasteiger partial charge >= 0.3 is 0 Å². The average molecular weight is 286 g/mol. The van der Waals surface area contributed by atoms with Crippen molar-refractivity contribution in [2.24, 2.45) is 0 Å². The molecule has 0 radical (unpaired) electrons. The largest absolute Gasteiger partial charge is 0.475 e. The lowest BCUT2D eigenvalue weighted by Crippen LogP contribution is -2.19. The highest BCUT2D eigenvalue weighted by Crippen LogP contribution is 2.15. The Balaban J connectivity index is 2.40. The molecule has 0 amide bonds. The minimum atomic E-state index is -2.87. The van der Waals surface area contributed by atoms with E-state index in [1.807, 2.05) is 26.0 Å². The van der Waals surface area contributed by atoms with E-state index >= 15 is 0 Å². The Bertz CT molecular complexity index is 486. The van der Waals surface area contributed by atoms with Crippen LogP contribution in [-0.2, 0) is 16.4 Å². The first kappa shape index (κ1) is 15.9. The molecule has 0 aromatic carbocycles. The zero-order valence-electron chi connectivity index (χ0n) is 11.7. The lowest BCUT2D eigenvalue weighted by atomic mass is 10.2. The van der Waals surface area contributed by atoms with Crippen LogP contribution in [0.5, 0.6) is 5.88 Å². The van der Waals surface area contributed by atoms with Gasteiger partial charge in [0.15, 0.2) is 0 Å². The molecule has 0 unspecified atom stereocenters. The van der Waals surface area contributed by atoms with Crippen molar-refractivity contribution in [3.63, 3.8) is 0 Å². The molecule has 19 heavy (non-hydrogen) atoms. The first-order valence-electron chi connectivity index (χ1n) is 6.37. The molecular weight excluding hydrogens is 264 g/mol. The summed E-state index contributed by atoms with van der Waals surface area (Å²) in [5, 5.41) is 3.20. The number of nitrogens with zero attached hydrogens (tertiary/aromatic N) is 1. The standard InChI is InChI=1S/C13H22N2O3S/c1-11(2)18-13-12(6-4-8-15-13)10-14-7-5-9-19(3,16)17/h4,6,8,11,14H,5,7,9-10H2,1-3H3. The summed E-state index contributed by atoms with van der Waals surface area (Å²) in [6, 6.07) is 3.81. The van der Waals surface area contributed by atoms with Crippen molar-refractivity contribution in [1.29, 1.82) is 0 Å². The minimum absolute atomic E-state index is 0.0823. The molecule has 0 saturated heterocycles. The van der Waals surface area contributed by atoms with Gasteiger partial charge in [-0.05, 0) is 32.9 Å². The quantitative estimate of drug-likeness (QED) is 0.731. The number of sulfone groups is 1. The topological polar surface area (TPSA) is 68.3 Å². The van der Waals surface area contributed by atoms with Crippen LogP contribution in [0.15, 0.2) is 18.3 Å². The molecule has 0 fully saturated rings. The molecule has 1 rings (SSSR count). The van der Waals surface area contributed by atoms with Gasteiger partial charge in [0.25, 0.3) is 0 Å². The van der Waals surface area contributed by atoms with E-state index in [1.54, 1.807) is 6.20 Å². The summed E-state index contributed by atoms with van der Waals surface area (Å²) in [4.78, 5) is 4.20. The van der Waals surface area contributed by atoms with Gasteiger partial charge < -0.3 is 10.1 Å². The molecule has 1 heterocycles. The maximum Gasteiger partial charge on any atom is 0.218 e. The van der Waals surface area contributed by atoms with Crippen LogP contribution in [0.25, 0.3) is 0 Å². The fourth-order valence-corrected chi connectivity index (χ4v) is 2.24. The van der Waals surface area contributed by atoms with Gasteiger partial charge in [-0.3, -0.25) is 0 Å². The Morgan fingerprint density at radius 1 is 1.42 bits per heavy atom. The second-order valence-electron chi connectivity index (χ2n) is 4.79. The van der Waals surface area contributed by atoms with Crippen molar-refractivity contribution < 1.29 is 13.2 Å². The molecule has 6 heteroatoms. The van der Waals surface area contributed by atoms with E-state index in [0.717, 1.165) is 5.56 Å². The van der Waals surface area contributed by atoms with Gasteiger partial charge in [0, 0.05) is 24.6 Å². The normalized spacial score (nSPS) is 11.8. The van der Waals surface area contributed by atoms with Crippen molar-refractivity contribution in [1.82, 2.24) is 10.3 Å². The second kappa shape index (κ2) is 7.45. The predicted octanol–water partition coefficient (Wildman–Crippen LogP) is 1.39. The molecule has 0 aliphatic heterocycles. The molecule has 0 saturated carbocycles. The minimum Gasteiger partial charge on any atom is -0.475 e. The van der Waals surface area contributed by atoms with Gasteiger partial charge in [-0.25, -0.2) is 13.4 Å². The maximum atomic E-state index is 11.0. The highest BCUT2D eigenvalue weighted by molar-refractivity contribution is 7.90. The zero-order valence-corrected chi connectivity index (χ0v) is 12.5. The average Bonchev–Trinajstić information content (AvgIpc) is 2.28. The fraction of sp³-hybridized carbons (Fsp3) is 0.615. The number of ether oxygens (including phenoxy) is 1. The Kier molecular flexibility index (Phi) is 6.24. The first-order valence-corrected chi connectivity index (χ1v) is 8.43. The summed E-state index contributed by atoms with van der Waals surface area (Å²) in [5.41, 5.74) is 0.982. The molecule has 108 valence electrons. The van der Waals surface area contributed by atoms with E-state index in [4.69, 9.17) is 4.74 Å². The predicted molar refractivity (Wildman–Crippen MR) is 76.0 cm³/mol. The number of pyridine rings is 1. The van der Waals surface area contributed by atoms with Crippen LogP contribution >= 0.6 is 0 Å². The van der Waals surface area contributed by atoms with Crippen molar-refractivity contribution in [2.45, 2.75) is 32.9 Å². The molecule has 0 spiro atoms. The van der Waals surface area contributed by atoms with Gasteiger partial charge in [0.2, 0.25) is 5.88 Å². The second-order valence-corrected chi connectivity index (χ2v) is 7.05. The lowest BCUT2D eigenvalue weighted by molar-refractivity contribution is 0.229. The zero-order chi connectivity index (χ0) is 14.3. The van der Waals surface area contributed by atoms with Gasteiger partial charge in [0.1, 0.15) is 9.84 Å². The van der Waals surface area contributed by atoms with Crippen LogP contribution in [-0.4, -0.2) is 38.1 Å². The number of hydrogen-bond acceptors (Lipinski definition) is 5. The van der Waals surface area contributed by atoms with Crippen LogP contribution in [0.1, 0.15) is 25.8 Å². The van der Waals surface area contributed by atoms with Crippen LogP contribution in [0.2, 0.25) is 0 Å². The number of nitrogens with one attached hydrogen (secondary N) is 1. The number of aromatic nitrogens is 1. The molecule has 1 aromatic heterocycles. The van der Waals surface area contributed by atoms with E-state index < -0.39 is 9.84 Å². The SMILES string of the molecule is CC(C)Oc1ncccc1CNCCCS(C)(=O)=O. The third kappa shape index (κ3) is 7.12. The van der Waals surface area contributed by atoms with Crippen LogP contribution in [0.4, 0.5) is 0 Å². The van der Waals surface area contributed by atoms with Crippen molar-refractivity contribution in [3.05, 3.63) is 23.9 Å². The Labute approximate surface area is 115 Å². The lowest BCUT2D eigenvalue weighted by Gasteiger charge is -2.13. The van der Waals surface area contributed by atoms with Gasteiger partial charge in [0.05, 0.1) is 11.9 Å². The summed E-state index contributed by atoms with van der Waals surface area (Å²) < 4.78 is 27.6. The third-order valence-electron chi connectivity index (χ3n) is 2.38. The Hall–Kier alpha value is -1.14. The molecule has 1 N–H and O–H groups in total. The third-order valence-corrected chi connectivity index (χ3v) is 3.41. The summed E-state index contributed by atoms with van der Waals surface area (Å²) in [6.07, 6.45) is 3.64. The molecule has 0 aliphatic carbocycles. The number of rotatable bonds is 8. The van der Waals surface area contributed by atoms with Crippen LogP contribution in [0, 0.1) is 0 Å². The molecular formula is C13H22N2O3S. The highest BCUT2D eigenvalue weighted by Gasteiger charge is 2.06. The Morgan fingerprint density at radius 2 is 2.16 bits per heavy atom. The van der Waals surface area contributed by atoms with Gasteiger partial charge in [-0.15, -0.1) is 0 Å². The summed E-state index contributed by atoms with van der Waals surface area (Å²) in [5.74, 6) is 0.843. The van der Waals surface area contributed by atoms with Crippen LogP contribution < -0.4 is 10.1 Å². The summed E-state index contributed by atoms with van der Waals surface area (Å²) >= 11 is 0. The molecule has 0 bridgehead atoms. The van der Waals surface area contributed by atoms with Crippen molar-refractivity contribution in [2.75, 3.05) is 18.6 Å². The Morgan fingerprint density at radius 3 is 2.79 bits per heavy atom. The summed E-state index contributed by atoms with van der Waals surface area (Å²) in [6.45, 7) is 5.19. The maximum absolute atomic E-state index is 11.0. The van der Waals surface area contributed by atoms with Crippen LogP contribution in [0.3, 0.4) is 0 Å². The molecule has 1 aromatic rings. The number of hydrogen-bond donors (Lipinski definition) is 1. The monoisotopic (exact) mass is 286 g/mol.